The molecule has 1 N–H and O–H groups in total. The number of hydrogen-bond acceptors (Lipinski definition) is 5. The van der Waals surface area contributed by atoms with E-state index in [9.17, 15) is 18.0 Å². The fourth-order valence-corrected chi connectivity index (χ4v) is 5.56. The number of hydrazone groups is 1. The van der Waals surface area contributed by atoms with Gasteiger partial charge in [0.1, 0.15) is 5.71 Å². The zero-order valence-electron chi connectivity index (χ0n) is 17.4. The molecule has 2 aliphatic rings. The maximum absolute atomic E-state index is 13.0. The molecule has 0 aromatic heterocycles. The van der Waals surface area contributed by atoms with Crippen LogP contribution in [0.5, 0.6) is 0 Å². The first-order valence-electron chi connectivity index (χ1n) is 10.1. The highest BCUT2D eigenvalue weighted by atomic mass is 32.2. The molecule has 1 aromatic carbocycles. The van der Waals surface area contributed by atoms with Gasteiger partial charge in [0.15, 0.2) is 9.84 Å². The van der Waals surface area contributed by atoms with E-state index in [0.29, 0.717) is 6.42 Å². The van der Waals surface area contributed by atoms with E-state index in [1.54, 1.807) is 0 Å². The van der Waals surface area contributed by atoms with Gasteiger partial charge in [-0.25, -0.2) is 13.4 Å². The number of benzene rings is 1. The zero-order valence-corrected chi connectivity index (χ0v) is 18.3. The Hall–Kier alpha value is -2.22. The van der Waals surface area contributed by atoms with Crippen LogP contribution >= 0.6 is 0 Å². The van der Waals surface area contributed by atoms with Crippen molar-refractivity contribution in [1.82, 2.24) is 5.01 Å². The lowest BCUT2D eigenvalue weighted by atomic mass is 9.92. The van der Waals surface area contributed by atoms with E-state index < -0.39 is 15.9 Å². The molecule has 8 heteroatoms. The van der Waals surface area contributed by atoms with Gasteiger partial charge in [0.25, 0.3) is 5.91 Å². The summed E-state index contributed by atoms with van der Waals surface area (Å²) < 4.78 is 23.6. The first-order chi connectivity index (χ1) is 13.6. The van der Waals surface area contributed by atoms with E-state index in [0.717, 1.165) is 16.8 Å². The Morgan fingerprint density at radius 3 is 2.28 bits per heavy atom. The molecule has 29 heavy (non-hydrogen) atoms. The quantitative estimate of drug-likeness (QED) is 0.793. The minimum atomic E-state index is -3.15. The van der Waals surface area contributed by atoms with Crippen molar-refractivity contribution in [3.8, 4) is 0 Å². The predicted octanol–water partition coefficient (Wildman–Crippen LogP) is 3.04. The van der Waals surface area contributed by atoms with Gasteiger partial charge in [-0.1, -0.05) is 45.9 Å². The van der Waals surface area contributed by atoms with Gasteiger partial charge in [-0.15, -0.1) is 0 Å². The fraction of sp³-hybridized carbons (Fsp3) is 0.571. The normalized spacial score (nSPS) is 21.6. The average molecular weight is 420 g/mol. The minimum Gasteiger partial charge on any atom is -0.320 e. The maximum Gasteiger partial charge on any atom is 0.271 e. The standard InChI is InChI=1S/C21H29N3O4S/c1-13(2)16-6-5-7-17(14(3)4)20(16)22-21(26)18-8-9-19(25)24(23-18)15-10-11-29(27,28)12-15/h5-7,13-15H,8-12H2,1-4H3,(H,22,26)/t15-/m1/s1. The summed E-state index contributed by atoms with van der Waals surface area (Å²) in [6.45, 7) is 8.31. The van der Waals surface area contributed by atoms with Crippen molar-refractivity contribution in [2.24, 2.45) is 5.10 Å². The Morgan fingerprint density at radius 1 is 1.14 bits per heavy atom. The highest BCUT2D eigenvalue weighted by Crippen LogP contribution is 2.32. The van der Waals surface area contributed by atoms with Crippen LogP contribution in [-0.4, -0.2) is 48.5 Å². The Balaban J connectivity index is 1.88. The third-order valence-electron chi connectivity index (χ3n) is 5.49. The summed E-state index contributed by atoms with van der Waals surface area (Å²) in [5.74, 6) is -0.131. The molecule has 1 atom stereocenters. The van der Waals surface area contributed by atoms with Gasteiger partial charge in [-0.2, -0.15) is 5.10 Å². The Labute approximate surface area is 172 Å². The molecule has 2 heterocycles. The first-order valence-corrected chi connectivity index (χ1v) is 12.0. The summed E-state index contributed by atoms with van der Waals surface area (Å²) in [5.41, 5.74) is 3.17. The molecule has 0 bridgehead atoms. The van der Waals surface area contributed by atoms with Crippen LogP contribution in [0.2, 0.25) is 0 Å². The summed E-state index contributed by atoms with van der Waals surface area (Å²) in [7, 11) is -3.15. The van der Waals surface area contributed by atoms with Crippen LogP contribution in [0, 0.1) is 0 Å². The summed E-state index contributed by atoms with van der Waals surface area (Å²) in [5, 5.41) is 8.53. The van der Waals surface area contributed by atoms with Crippen molar-refractivity contribution >= 4 is 33.1 Å². The van der Waals surface area contributed by atoms with E-state index >= 15 is 0 Å². The molecule has 0 spiro atoms. The van der Waals surface area contributed by atoms with E-state index in [-0.39, 0.29) is 53.7 Å². The Morgan fingerprint density at radius 2 is 1.76 bits per heavy atom. The fourth-order valence-electron chi connectivity index (χ4n) is 3.87. The molecule has 2 amide bonds. The Bertz CT molecular complexity index is 924. The smallest absolute Gasteiger partial charge is 0.271 e. The topological polar surface area (TPSA) is 95.9 Å². The second-order valence-corrected chi connectivity index (χ2v) is 10.6. The number of carbonyl (C=O) groups is 2. The van der Waals surface area contributed by atoms with Crippen LogP contribution < -0.4 is 5.32 Å². The molecule has 0 unspecified atom stereocenters. The Kier molecular flexibility index (Phi) is 6.12. The average Bonchev–Trinajstić information content (AvgIpc) is 3.01. The number of nitrogens with one attached hydrogen (secondary N) is 1. The lowest BCUT2D eigenvalue weighted by Gasteiger charge is -2.28. The number of amides is 2. The van der Waals surface area contributed by atoms with Crippen LogP contribution in [0.15, 0.2) is 23.3 Å². The van der Waals surface area contributed by atoms with Gasteiger partial charge in [0.2, 0.25) is 5.91 Å². The van der Waals surface area contributed by atoms with Crippen LogP contribution in [0.1, 0.15) is 69.9 Å². The van der Waals surface area contributed by atoms with Crippen LogP contribution in [0.4, 0.5) is 5.69 Å². The van der Waals surface area contributed by atoms with E-state index in [2.05, 4.69) is 38.1 Å². The molecule has 0 saturated carbocycles. The second-order valence-electron chi connectivity index (χ2n) is 8.42. The number of anilines is 1. The van der Waals surface area contributed by atoms with E-state index in [1.807, 2.05) is 18.2 Å². The number of para-hydroxylation sites is 1. The zero-order chi connectivity index (χ0) is 21.3. The van der Waals surface area contributed by atoms with E-state index in [1.165, 1.54) is 5.01 Å². The second kappa shape index (κ2) is 8.26. The third-order valence-corrected chi connectivity index (χ3v) is 7.24. The maximum atomic E-state index is 13.0. The van der Waals surface area contributed by atoms with Crippen molar-refractivity contribution < 1.29 is 18.0 Å². The van der Waals surface area contributed by atoms with Crippen LogP contribution in [-0.2, 0) is 19.4 Å². The molecule has 0 aliphatic carbocycles. The third kappa shape index (κ3) is 4.69. The van der Waals surface area contributed by atoms with Gasteiger partial charge in [-0.05, 0) is 29.4 Å². The predicted molar refractivity (Wildman–Crippen MR) is 114 cm³/mol. The molecule has 1 aromatic rings. The van der Waals surface area contributed by atoms with Gasteiger partial charge < -0.3 is 5.32 Å². The molecule has 1 saturated heterocycles. The van der Waals surface area contributed by atoms with Gasteiger partial charge in [-0.3, -0.25) is 9.59 Å². The summed E-state index contributed by atoms with van der Waals surface area (Å²) in [4.78, 5) is 25.3. The van der Waals surface area contributed by atoms with E-state index in [4.69, 9.17) is 0 Å². The molecule has 3 rings (SSSR count). The van der Waals surface area contributed by atoms with Crippen molar-refractivity contribution in [3.05, 3.63) is 29.3 Å². The number of hydrogen-bond donors (Lipinski definition) is 1. The van der Waals surface area contributed by atoms with Gasteiger partial charge >= 0.3 is 0 Å². The number of carbonyl (C=O) groups excluding carboxylic acids is 2. The van der Waals surface area contributed by atoms with Gasteiger partial charge in [0.05, 0.1) is 17.5 Å². The molecular weight excluding hydrogens is 390 g/mol. The summed E-state index contributed by atoms with van der Waals surface area (Å²) >= 11 is 0. The molecule has 1 fully saturated rings. The number of sulfone groups is 1. The highest BCUT2D eigenvalue weighted by Gasteiger charge is 2.37. The monoisotopic (exact) mass is 419 g/mol. The van der Waals surface area contributed by atoms with Crippen LogP contribution in [0.25, 0.3) is 0 Å². The molecular formula is C21H29N3O4S. The van der Waals surface area contributed by atoms with Gasteiger partial charge in [0, 0.05) is 18.5 Å². The molecule has 2 aliphatic heterocycles. The van der Waals surface area contributed by atoms with Crippen molar-refractivity contribution in [1.29, 1.82) is 0 Å². The number of rotatable bonds is 5. The SMILES string of the molecule is CC(C)c1cccc(C(C)C)c1NC(=O)C1=NN([C@@H]2CCS(=O)(=O)C2)C(=O)CC1. The minimum absolute atomic E-state index is 0.0536. The number of nitrogens with zero attached hydrogens (tertiary/aromatic N) is 2. The highest BCUT2D eigenvalue weighted by molar-refractivity contribution is 7.91. The lowest BCUT2D eigenvalue weighted by Crippen LogP contribution is -2.42. The molecule has 0 radical (unpaired) electrons. The largest absolute Gasteiger partial charge is 0.320 e. The molecule has 158 valence electrons. The van der Waals surface area contributed by atoms with Crippen LogP contribution in [0.3, 0.4) is 0 Å². The van der Waals surface area contributed by atoms with Crippen molar-refractivity contribution in [2.75, 3.05) is 16.8 Å². The molecule has 7 nitrogen and oxygen atoms in total. The summed E-state index contributed by atoms with van der Waals surface area (Å²) in [6.07, 6.45) is 0.771. The van der Waals surface area contributed by atoms with Crippen molar-refractivity contribution in [2.45, 2.75) is 64.8 Å². The van der Waals surface area contributed by atoms with Crippen molar-refractivity contribution in [3.63, 3.8) is 0 Å². The first kappa shape index (κ1) is 21.5. The summed E-state index contributed by atoms with van der Waals surface area (Å²) in [6, 6.07) is 5.53. The lowest BCUT2D eigenvalue weighted by molar-refractivity contribution is -0.133.